The van der Waals surface area contributed by atoms with Crippen LogP contribution in [0.25, 0.3) is 11.0 Å². The monoisotopic (exact) mass is 432 g/mol. The number of imidazole rings is 1. The Morgan fingerprint density at radius 2 is 2.00 bits per heavy atom. The van der Waals surface area contributed by atoms with Gasteiger partial charge in [0.1, 0.15) is 5.82 Å². The number of hydrogen-bond acceptors (Lipinski definition) is 4. The first-order chi connectivity index (χ1) is 15.8. The number of hydrogen-bond donors (Lipinski definition) is 2. The number of aryl methyl sites for hydroxylation is 1. The van der Waals surface area contributed by atoms with Gasteiger partial charge in [-0.25, -0.2) is 4.98 Å². The largest absolute Gasteiger partial charge is 0.373 e. The lowest BCUT2D eigenvalue weighted by molar-refractivity contribution is -0.0502. The molecule has 0 amide bonds. The Labute approximate surface area is 189 Å². The second kappa shape index (κ2) is 9.71. The number of guanidine groups is 1. The Hall–Kier alpha value is -2.90. The normalized spacial score (nSPS) is 21.8. The molecule has 0 aliphatic carbocycles. The second-order valence-electron chi connectivity index (χ2n) is 8.62. The summed E-state index contributed by atoms with van der Waals surface area (Å²) >= 11 is 0. The van der Waals surface area contributed by atoms with Crippen molar-refractivity contribution in [3.8, 4) is 0 Å². The van der Waals surface area contributed by atoms with Crippen molar-refractivity contribution in [1.29, 1.82) is 0 Å². The zero-order valence-electron chi connectivity index (χ0n) is 18.7. The minimum Gasteiger partial charge on any atom is -0.373 e. The van der Waals surface area contributed by atoms with Crippen molar-refractivity contribution in [2.24, 2.45) is 4.99 Å². The third kappa shape index (κ3) is 4.64. The van der Waals surface area contributed by atoms with E-state index in [0.29, 0.717) is 6.04 Å². The van der Waals surface area contributed by atoms with Crippen LogP contribution >= 0.6 is 0 Å². The van der Waals surface area contributed by atoms with Crippen LogP contribution in [0.3, 0.4) is 0 Å². The number of aromatic nitrogens is 2. The molecule has 0 saturated carbocycles. The quantitative estimate of drug-likeness (QED) is 0.356. The molecule has 0 spiro atoms. The lowest BCUT2D eigenvalue weighted by Crippen LogP contribution is -2.50. The van der Waals surface area contributed by atoms with Gasteiger partial charge in [-0.1, -0.05) is 42.5 Å². The minimum absolute atomic E-state index is 0.238. The Morgan fingerprint density at radius 1 is 1.16 bits per heavy atom. The highest BCUT2D eigenvalue weighted by atomic mass is 16.5. The number of likely N-dealkylation sites (tertiary alicyclic amines) is 1. The van der Waals surface area contributed by atoms with Crippen molar-refractivity contribution < 1.29 is 4.74 Å². The van der Waals surface area contributed by atoms with E-state index in [1.165, 1.54) is 5.56 Å². The molecule has 2 atom stereocenters. The molecule has 2 fully saturated rings. The van der Waals surface area contributed by atoms with Crippen molar-refractivity contribution in [2.75, 3.05) is 39.8 Å². The summed E-state index contributed by atoms with van der Waals surface area (Å²) in [5.74, 6) is 2.01. The summed E-state index contributed by atoms with van der Waals surface area (Å²) in [6, 6.07) is 19.3. The number of benzene rings is 2. The molecule has 2 aliphatic heterocycles. The van der Waals surface area contributed by atoms with Crippen molar-refractivity contribution in [3.05, 3.63) is 66.0 Å². The van der Waals surface area contributed by atoms with Crippen molar-refractivity contribution in [1.82, 2.24) is 25.1 Å². The lowest BCUT2D eigenvalue weighted by atomic mass is 10.1. The zero-order chi connectivity index (χ0) is 21.8. The van der Waals surface area contributed by atoms with Crippen molar-refractivity contribution >= 4 is 17.0 Å². The van der Waals surface area contributed by atoms with Gasteiger partial charge in [0.15, 0.2) is 5.96 Å². The lowest BCUT2D eigenvalue weighted by Gasteiger charge is -2.36. The van der Waals surface area contributed by atoms with Crippen LogP contribution in [0.1, 0.15) is 17.8 Å². The molecular formula is C25H32N6O. The molecule has 2 aliphatic rings. The first kappa shape index (κ1) is 21.0. The average molecular weight is 433 g/mol. The van der Waals surface area contributed by atoms with Crippen LogP contribution in [-0.4, -0.2) is 77.7 Å². The molecule has 168 valence electrons. The van der Waals surface area contributed by atoms with E-state index < -0.39 is 0 Å². The Kier molecular flexibility index (Phi) is 6.36. The van der Waals surface area contributed by atoms with E-state index in [2.05, 4.69) is 66.5 Å². The van der Waals surface area contributed by atoms with Gasteiger partial charge < -0.3 is 19.9 Å². The number of fused-ring (bicyclic) bond motifs is 2. The van der Waals surface area contributed by atoms with E-state index >= 15 is 0 Å². The molecule has 32 heavy (non-hydrogen) atoms. The van der Waals surface area contributed by atoms with Gasteiger partial charge in [0.25, 0.3) is 0 Å². The predicted molar refractivity (Wildman–Crippen MR) is 128 cm³/mol. The third-order valence-corrected chi connectivity index (χ3v) is 6.47. The highest BCUT2D eigenvalue weighted by Crippen LogP contribution is 2.24. The fraction of sp³-hybridized carbons (Fsp3) is 0.440. The molecule has 1 aromatic heterocycles. The fourth-order valence-electron chi connectivity index (χ4n) is 4.86. The summed E-state index contributed by atoms with van der Waals surface area (Å²) in [4.78, 5) is 17.5. The SMILES string of the molecule is CN=C(NCCCc1nc2ccccc2[nH]1)N1CC2OCCN(Cc3ccccc3)C2C1. The minimum atomic E-state index is 0.238. The van der Waals surface area contributed by atoms with Gasteiger partial charge in [-0.2, -0.15) is 0 Å². The number of morpholine rings is 1. The van der Waals surface area contributed by atoms with Gasteiger partial charge >= 0.3 is 0 Å². The molecule has 7 heteroatoms. The summed E-state index contributed by atoms with van der Waals surface area (Å²) < 4.78 is 6.13. The number of aliphatic imine (C=N–C) groups is 1. The van der Waals surface area contributed by atoms with E-state index in [1.807, 2.05) is 25.2 Å². The number of nitrogens with zero attached hydrogens (tertiary/aromatic N) is 4. The molecular weight excluding hydrogens is 400 g/mol. The van der Waals surface area contributed by atoms with Gasteiger partial charge in [0, 0.05) is 46.2 Å². The number of nitrogens with one attached hydrogen (secondary N) is 2. The number of H-pyrrole nitrogens is 1. The summed E-state index contributed by atoms with van der Waals surface area (Å²) in [5.41, 5.74) is 3.50. The van der Waals surface area contributed by atoms with Crippen LogP contribution in [0, 0.1) is 0 Å². The fourth-order valence-corrected chi connectivity index (χ4v) is 4.86. The van der Waals surface area contributed by atoms with Crippen molar-refractivity contribution in [2.45, 2.75) is 31.5 Å². The summed E-state index contributed by atoms with van der Waals surface area (Å²) in [7, 11) is 1.87. The van der Waals surface area contributed by atoms with E-state index in [1.54, 1.807) is 0 Å². The number of aromatic amines is 1. The molecule has 2 N–H and O–H groups in total. The first-order valence-corrected chi connectivity index (χ1v) is 11.6. The van der Waals surface area contributed by atoms with E-state index in [4.69, 9.17) is 4.74 Å². The maximum absolute atomic E-state index is 6.13. The van der Waals surface area contributed by atoms with Gasteiger partial charge in [0.2, 0.25) is 0 Å². The molecule has 2 unspecified atom stereocenters. The average Bonchev–Trinajstić information content (AvgIpc) is 3.44. The molecule has 0 radical (unpaired) electrons. The van der Waals surface area contributed by atoms with Crippen LogP contribution in [0.15, 0.2) is 59.6 Å². The molecule has 0 bridgehead atoms. The molecule has 2 aromatic carbocycles. The van der Waals surface area contributed by atoms with Crippen LogP contribution in [0.5, 0.6) is 0 Å². The standard InChI is InChI=1S/C25H32N6O/c1-26-25(27-13-7-12-24-28-20-10-5-6-11-21(20)29-24)31-17-22-23(18-31)32-15-14-30(22)16-19-8-3-2-4-9-19/h2-6,8-11,22-23H,7,12-18H2,1H3,(H,26,27)(H,28,29). The molecule has 7 nitrogen and oxygen atoms in total. The van der Waals surface area contributed by atoms with E-state index in [9.17, 15) is 0 Å². The zero-order valence-corrected chi connectivity index (χ0v) is 18.7. The number of ether oxygens (including phenoxy) is 1. The Bertz CT molecular complexity index is 1020. The molecule has 2 saturated heterocycles. The van der Waals surface area contributed by atoms with Crippen LogP contribution in [0.4, 0.5) is 0 Å². The maximum Gasteiger partial charge on any atom is 0.193 e. The summed E-state index contributed by atoms with van der Waals surface area (Å²) in [6.45, 7) is 5.45. The Balaban J connectivity index is 1.13. The first-order valence-electron chi connectivity index (χ1n) is 11.6. The second-order valence-corrected chi connectivity index (χ2v) is 8.62. The van der Waals surface area contributed by atoms with Crippen LogP contribution in [-0.2, 0) is 17.7 Å². The van der Waals surface area contributed by atoms with E-state index in [-0.39, 0.29) is 6.10 Å². The highest BCUT2D eigenvalue weighted by molar-refractivity contribution is 5.80. The van der Waals surface area contributed by atoms with Gasteiger partial charge in [-0.3, -0.25) is 9.89 Å². The van der Waals surface area contributed by atoms with Gasteiger partial charge in [-0.15, -0.1) is 0 Å². The number of rotatable bonds is 6. The van der Waals surface area contributed by atoms with E-state index in [0.717, 1.165) is 75.0 Å². The van der Waals surface area contributed by atoms with Crippen molar-refractivity contribution in [3.63, 3.8) is 0 Å². The molecule has 5 rings (SSSR count). The molecule has 3 heterocycles. The number of para-hydroxylation sites is 2. The predicted octanol–water partition coefficient (Wildman–Crippen LogP) is 2.66. The van der Waals surface area contributed by atoms with Gasteiger partial charge in [-0.05, 0) is 24.1 Å². The van der Waals surface area contributed by atoms with Crippen LogP contribution in [0.2, 0.25) is 0 Å². The smallest absolute Gasteiger partial charge is 0.193 e. The summed E-state index contributed by atoms with van der Waals surface area (Å²) in [5, 5.41) is 3.55. The molecule has 3 aromatic rings. The van der Waals surface area contributed by atoms with Crippen LogP contribution < -0.4 is 5.32 Å². The Morgan fingerprint density at radius 3 is 2.84 bits per heavy atom. The highest BCUT2D eigenvalue weighted by Gasteiger charge is 2.41. The maximum atomic E-state index is 6.13. The van der Waals surface area contributed by atoms with Gasteiger partial charge in [0.05, 0.1) is 29.8 Å². The topological polar surface area (TPSA) is 68.8 Å². The summed E-state index contributed by atoms with van der Waals surface area (Å²) in [6.07, 6.45) is 2.15. The third-order valence-electron chi connectivity index (χ3n) is 6.47.